The van der Waals surface area contributed by atoms with Gasteiger partial charge in [-0.25, -0.2) is 4.39 Å². The van der Waals surface area contributed by atoms with Crippen LogP contribution in [0, 0.1) is 5.82 Å². The molecular formula is C15H15ClFNO. The third-order valence-electron chi connectivity index (χ3n) is 3.00. The smallest absolute Gasteiger partial charge is 0.129 e. The van der Waals surface area contributed by atoms with E-state index in [1.165, 1.54) is 6.07 Å². The van der Waals surface area contributed by atoms with Crippen molar-refractivity contribution in [1.29, 1.82) is 0 Å². The first-order valence-electron chi connectivity index (χ1n) is 5.92. The molecule has 0 heterocycles. The fourth-order valence-electron chi connectivity index (χ4n) is 2.09. The lowest BCUT2D eigenvalue weighted by Crippen LogP contribution is -2.19. The molecule has 0 saturated carbocycles. The molecular weight excluding hydrogens is 265 g/mol. The maximum absolute atomic E-state index is 14.0. The minimum absolute atomic E-state index is 0.316. The van der Waals surface area contributed by atoms with Crippen LogP contribution >= 0.6 is 11.6 Å². The molecule has 0 saturated heterocycles. The van der Waals surface area contributed by atoms with Crippen LogP contribution in [0.1, 0.15) is 17.2 Å². The number of benzene rings is 2. The van der Waals surface area contributed by atoms with Crippen LogP contribution in [0.5, 0.6) is 5.75 Å². The van der Waals surface area contributed by atoms with E-state index < -0.39 is 0 Å². The fourth-order valence-corrected chi connectivity index (χ4v) is 2.36. The second kappa shape index (κ2) is 6.04. The number of nitrogens with one attached hydrogen (secondary N) is 1. The van der Waals surface area contributed by atoms with E-state index in [0.29, 0.717) is 10.6 Å². The lowest BCUT2D eigenvalue weighted by atomic mass is 9.98. The second-order valence-electron chi connectivity index (χ2n) is 4.13. The topological polar surface area (TPSA) is 21.3 Å². The summed E-state index contributed by atoms with van der Waals surface area (Å²) in [6.07, 6.45) is 0. The molecule has 100 valence electrons. The molecule has 0 amide bonds. The van der Waals surface area contributed by atoms with Crippen LogP contribution in [-0.4, -0.2) is 14.2 Å². The van der Waals surface area contributed by atoms with Gasteiger partial charge in [-0.1, -0.05) is 29.8 Å². The van der Waals surface area contributed by atoms with E-state index in [1.54, 1.807) is 26.3 Å². The van der Waals surface area contributed by atoms with Crippen molar-refractivity contribution in [3.8, 4) is 5.75 Å². The summed E-state index contributed by atoms with van der Waals surface area (Å²) in [4.78, 5) is 0. The molecule has 2 rings (SSSR count). The molecule has 19 heavy (non-hydrogen) atoms. The number of rotatable bonds is 4. The molecule has 0 aliphatic heterocycles. The summed E-state index contributed by atoms with van der Waals surface area (Å²) in [6, 6.07) is 11.9. The molecule has 0 aromatic heterocycles. The normalized spacial score (nSPS) is 12.2. The zero-order valence-corrected chi connectivity index (χ0v) is 11.5. The van der Waals surface area contributed by atoms with Crippen LogP contribution in [-0.2, 0) is 0 Å². The van der Waals surface area contributed by atoms with E-state index >= 15 is 0 Å². The second-order valence-corrected chi connectivity index (χ2v) is 4.54. The van der Waals surface area contributed by atoms with Gasteiger partial charge in [0.05, 0.1) is 13.2 Å². The van der Waals surface area contributed by atoms with Gasteiger partial charge < -0.3 is 10.1 Å². The number of methoxy groups -OCH3 is 1. The Hall–Kier alpha value is -1.58. The molecule has 0 fully saturated rings. The zero-order chi connectivity index (χ0) is 13.8. The molecule has 1 N–H and O–H groups in total. The molecule has 0 bridgehead atoms. The molecule has 1 atom stereocenters. The molecule has 1 unspecified atom stereocenters. The number of ether oxygens (including phenoxy) is 1. The van der Waals surface area contributed by atoms with Gasteiger partial charge in [-0.05, 0) is 36.9 Å². The minimum Gasteiger partial charge on any atom is -0.497 e. The molecule has 4 heteroatoms. The van der Waals surface area contributed by atoms with Gasteiger partial charge in [-0.3, -0.25) is 0 Å². The quantitative estimate of drug-likeness (QED) is 0.919. The molecule has 0 aliphatic rings. The van der Waals surface area contributed by atoms with Gasteiger partial charge in [0.1, 0.15) is 11.6 Å². The van der Waals surface area contributed by atoms with Gasteiger partial charge in [0.15, 0.2) is 0 Å². The summed E-state index contributed by atoms with van der Waals surface area (Å²) in [5.41, 5.74) is 1.34. The first kappa shape index (κ1) is 13.8. The Morgan fingerprint density at radius 3 is 2.58 bits per heavy atom. The molecule has 2 aromatic carbocycles. The predicted molar refractivity (Wildman–Crippen MR) is 75.3 cm³/mol. The third-order valence-corrected chi connectivity index (χ3v) is 3.33. The van der Waals surface area contributed by atoms with E-state index in [1.807, 2.05) is 24.3 Å². The Morgan fingerprint density at radius 2 is 1.95 bits per heavy atom. The molecule has 0 spiro atoms. The predicted octanol–water partition coefficient (Wildman–Crippen LogP) is 3.80. The lowest BCUT2D eigenvalue weighted by molar-refractivity contribution is 0.413. The van der Waals surface area contributed by atoms with Crippen molar-refractivity contribution in [3.05, 3.63) is 64.4 Å². The van der Waals surface area contributed by atoms with Crippen LogP contribution in [0.15, 0.2) is 42.5 Å². The van der Waals surface area contributed by atoms with Crippen LogP contribution in [0.25, 0.3) is 0 Å². The highest BCUT2D eigenvalue weighted by Gasteiger charge is 2.19. The maximum Gasteiger partial charge on any atom is 0.129 e. The molecule has 0 aliphatic carbocycles. The Balaban J connectivity index is 2.50. The summed E-state index contributed by atoms with van der Waals surface area (Å²) in [5.74, 6) is 0.403. The minimum atomic E-state index is -0.324. The summed E-state index contributed by atoms with van der Waals surface area (Å²) in [7, 11) is 3.37. The summed E-state index contributed by atoms with van der Waals surface area (Å²) >= 11 is 6.12. The van der Waals surface area contributed by atoms with Crippen molar-refractivity contribution in [2.75, 3.05) is 14.2 Å². The van der Waals surface area contributed by atoms with Gasteiger partial charge in [-0.2, -0.15) is 0 Å². The Morgan fingerprint density at radius 1 is 1.21 bits per heavy atom. The van der Waals surface area contributed by atoms with Gasteiger partial charge in [0.2, 0.25) is 0 Å². The lowest BCUT2D eigenvalue weighted by Gasteiger charge is -2.19. The van der Waals surface area contributed by atoms with Gasteiger partial charge in [0.25, 0.3) is 0 Å². The Bertz CT molecular complexity index is 554. The SMILES string of the molecule is CNC(c1cccc(OC)c1)c1c(F)cccc1Cl. The van der Waals surface area contributed by atoms with Crippen LogP contribution in [0.3, 0.4) is 0 Å². The molecule has 2 nitrogen and oxygen atoms in total. The number of hydrogen-bond acceptors (Lipinski definition) is 2. The first-order valence-corrected chi connectivity index (χ1v) is 6.30. The van der Waals surface area contributed by atoms with Crippen molar-refractivity contribution in [2.45, 2.75) is 6.04 Å². The first-order chi connectivity index (χ1) is 9.17. The fraction of sp³-hybridized carbons (Fsp3) is 0.200. The standard InChI is InChI=1S/C15H15ClFNO/c1-18-15(10-5-3-6-11(9-10)19-2)14-12(16)7-4-8-13(14)17/h3-9,15,18H,1-2H3. The van der Waals surface area contributed by atoms with Gasteiger partial charge in [-0.15, -0.1) is 0 Å². The monoisotopic (exact) mass is 279 g/mol. The highest BCUT2D eigenvalue weighted by molar-refractivity contribution is 6.31. The van der Waals surface area contributed by atoms with Crippen molar-refractivity contribution in [1.82, 2.24) is 5.32 Å². The zero-order valence-electron chi connectivity index (χ0n) is 10.8. The average molecular weight is 280 g/mol. The largest absolute Gasteiger partial charge is 0.497 e. The summed E-state index contributed by atoms with van der Waals surface area (Å²) in [5, 5.41) is 3.49. The van der Waals surface area contributed by atoms with E-state index in [9.17, 15) is 4.39 Å². The molecule has 0 radical (unpaired) electrons. The highest BCUT2D eigenvalue weighted by atomic mass is 35.5. The average Bonchev–Trinajstić information content (AvgIpc) is 2.43. The van der Waals surface area contributed by atoms with Gasteiger partial charge >= 0.3 is 0 Å². The van der Waals surface area contributed by atoms with Gasteiger partial charge in [0, 0.05) is 10.6 Å². The Labute approximate surface area is 117 Å². The number of hydrogen-bond donors (Lipinski definition) is 1. The highest BCUT2D eigenvalue weighted by Crippen LogP contribution is 2.31. The van der Waals surface area contributed by atoms with Crippen LogP contribution in [0.4, 0.5) is 4.39 Å². The van der Waals surface area contributed by atoms with E-state index in [-0.39, 0.29) is 11.9 Å². The van der Waals surface area contributed by atoms with Crippen molar-refractivity contribution < 1.29 is 9.13 Å². The van der Waals surface area contributed by atoms with Crippen molar-refractivity contribution in [3.63, 3.8) is 0 Å². The van der Waals surface area contributed by atoms with Crippen molar-refractivity contribution in [2.24, 2.45) is 0 Å². The van der Waals surface area contributed by atoms with Crippen LogP contribution < -0.4 is 10.1 Å². The van der Waals surface area contributed by atoms with Crippen molar-refractivity contribution >= 4 is 11.6 Å². The maximum atomic E-state index is 14.0. The number of halogens is 2. The van der Waals surface area contributed by atoms with E-state index in [2.05, 4.69) is 5.32 Å². The Kier molecular flexibility index (Phi) is 4.40. The van der Waals surface area contributed by atoms with Crippen LogP contribution in [0.2, 0.25) is 5.02 Å². The van der Waals surface area contributed by atoms with E-state index in [4.69, 9.17) is 16.3 Å². The third kappa shape index (κ3) is 2.88. The van der Waals surface area contributed by atoms with E-state index in [0.717, 1.165) is 11.3 Å². The summed E-state index contributed by atoms with van der Waals surface area (Å²) in [6.45, 7) is 0. The molecule has 2 aromatic rings. The summed E-state index contributed by atoms with van der Waals surface area (Å²) < 4.78 is 19.2.